The Balaban J connectivity index is 1.48. The molecule has 3 rings (SSSR count). The fourth-order valence-corrected chi connectivity index (χ4v) is 3.37. The standard InChI is InChI=1S/C21H27N3O/c1-16-4-3-5-20(14-16)23-19-10-12-24(13-11-19)15-17-6-8-18(9-7-17)21(25)22-2/h3-9,14,19,23H,10-13,15H2,1-2H3,(H,22,25). The van der Waals surface area contributed by atoms with Gasteiger partial charge in [-0.05, 0) is 55.2 Å². The molecule has 1 fully saturated rings. The maximum Gasteiger partial charge on any atom is 0.251 e. The van der Waals surface area contributed by atoms with Gasteiger partial charge in [-0.15, -0.1) is 0 Å². The second kappa shape index (κ2) is 8.17. The number of rotatable bonds is 5. The predicted octanol–water partition coefficient (Wildman–Crippen LogP) is 3.43. The number of hydrogen-bond acceptors (Lipinski definition) is 3. The molecule has 4 nitrogen and oxygen atoms in total. The van der Waals surface area contributed by atoms with Crippen molar-refractivity contribution in [3.63, 3.8) is 0 Å². The van der Waals surface area contributed by atoms with Crippen LogP contribution in [-0.4, -0.2) is 37.0 Å². The van der Waals surface area contributed by atoms with Crippen LogP contribution in [0, 0.1) is 6.92 Å². The van der Waals surface area contributed by atoms with E-state index in [1.165, 1.54) is 16.8 Å². The highest BCUT2D eigenvalue weighted by molar-refractivity contribution is 5.93. The molecule has 0 saturated carbocycles. The first-order valence-electron chi connectivity index (χ1n) is 9.00. The number of carbonyl (C=O) groups excluding carboxylic acids is 1. The van der Waals surface area contributed by atoms with Gasteiger partial charge in [-0.2, -0.15) is 0 Å². The van der Waals surface area contributed by atoms with Gasteiger partial charge in [0.1, 0.15) is 0 Å². The number of piperidine rings is 1. The van der Waals surface area contributed by atoms with E-state index < -0.39 is 0 Å². The molecule has 1 aliphatic heterocycles. The van der Waals surface area contributed by atoms with Gasteiger partial charge in [0.05, 0.1) is 0 Å². The predicted molar refractivity (Wildman–Crippen MR) is 103 cm³/mol. The van der Waals surface area contributed by atoms with Crippen LogP contribution in [0.15, 0.2) is 48.5 Å². The molecule has 4 heteroatoms. The largest absolute Gasteiger partial charge is 0.382 e. The van der Waals surface area contributed by atoms with Gasteiger partial charge in [-0.1, -0.05) is 24.3 Å². The molecular formula is C21H27N3O. The van der Waals surface area contributed by atoms with Crippen molar-refractivity contribution in [2.24, 2.45) is 0 Å². The third-order valence-corrected chi connectivity index (χ3v) is 4.83. The van der Waals surface area contributed by atoms with Crippen molar-refractivity contribution in [2.45, 2.75) is 32.4 Å². The van der Waals surface area contributed by atoms with Gasteiger partial charge in [0.25, 0.3) is 5.91 Å². The Morgan fingerprint density at radius 1 is 1.12 bits per heavy atom. The highest BCUT2D eigenvalue weighted by Crippen LogP contribution is 2.19. The van der Waals surface area contributed by atoms with E-state index in [0.717, 1.165) is 32.5 Å². The normalized spacial score (nSPS) is 15.8. The van der Waals surface area contributed by atoms with E-state index in [-0.39, 0.29) is 5.91 Å². The summed E-state index contributed by atoms with van der Waals surface area (Å²) in [5.74, 6) is -0.0328. The second-order valence-corrected chi connectivity index (χ2v) is 6.84. The van der Waals surface area contributed by atoms with Gasteiger partial charge in [0, 0.05) is 44.0 Å². The van der Waals surface area contributed by atoms with E-state index in [1.54, 1.807) is 7.05 Å². The molecule has 0 atom stereocenters. The molecule has 1 amide bonds. The number of anilines is 1. The van der Waals surface area contributed by atoms with Gasteiger partial charge >= 0.3 is 0 Å². The molecule has 25 heavy (non-hydrogen) atoms. The number of amides is 1. The summed E-state index contributed by atoms with van der Waals surface area (Å²) in [5.41, 5.74) is 4.50. The lowest BCUT2D eigenvalue weighted by molar-refractivity contribution is 0.0963. The molecule has 2 aromatic carbocycles. The van der Waals surface area contributed by atoms with Gasteiger partial charge < -0.3 is 10.6 Å². The number of nitrogens with one attached hydrogen (secondary N) is 2. The average molecular weight is 337 g/mol. The molecule has 1 heterocycles. The first kappa shape index (κ1) is 17.5. The summed E-state index contributed by atoms with van der Waals surface area (Å²) in [6.07, 6.45) is 2.31. The van der Waals surface area contributed by atoms with Crippen LogP contribution < -0.4 is 10.6 Å². The summed E-state index contributed by atoms with van der Waals surface area (Å²) < 4.78 is 0. The molecule has 132 valence electrons. The zero-order chi connectivity index (χ0) is 17.6. The van der Waals surface area contributed by atoms with Crippen LogP contribution in [0.2, 0.25) is 0 Å². The van der Waals surface area contributed by atoms with Crippen LogP contribution in [0.3, 0.4) is 0 Å². The van der Waals surface area contributed by atoms with Crippen LogP contribution in [0.25, 0.3) is 0 Å². The Hall–Kier alpha value is -2.33. The van der Waals surface area contributed by atoms with Crippen molar-refractivity contribution in [2.75, 3.05) is 25.5 Å². The van der Waals surface area contributed by atoms with Gasteiger partial charge in [-0.3, -0.25) is 9.69 Å². The Kier molecular flexibility index (Phi) is 5.71. The van der Waals surface area contributed by atoms with Crippen LogP contribution in [0.5, 0.6) is 0 Å². The summed E-state index contributed by atoms with van der Waals surface area (Å²) in [6, 6.07) is 17.1. The number of hydrogen-bond donors (Lipinski definition) is 2. The number of nitrogens with zero attached hydrogens (tertiary/aromatic N) is 1. The van der Waals surface area contributed by atoms with Crippen LogP contribution in [0.4, 0.5) is 5.69 Å². The lowest BCUT2D eigenvalue weighted by Gasteiger charge is -2.33. The number of likely N-dealkylation sites (tertiary alicyclic amines) is 1. The summed E-state index contributed by atoms with van der Waals surface area (Å²) in [4.78, 5) is 14.1. The minimum absolute atomic E-state index is 0.0328. The van der Waals surface area contributed by atoms with Gasteiger partial charge in [-0.25, -0.2) is 0 Å². The molecule has 2 aromatic rings. The summed E-state index contributed by atoms with van der Waals surface area (Å²) in [6.45, 7) is 5.27. The van der Waals surface area contributed by atoms with Crippen molar-refractivity contribution in [1.82, 2.24) is 10.2 Å². The van der Waals surface area contributed by atoms with E-state index in [4.69, 9.17) is 0 Å². The first-order chi connectivity index (χ1) is 12.1. The monoisotopic (exact) mass is 337 g/mol. The zero-order valence-corrected chi connectivity index (χ0v) is 15.1. The highest BCUT2D eigenvalue weighted by Gasteiger charge is 2.19. The summed E-state index contributed by atoms with van der Waals surface area (Å²) in [7, 11) is 1.66. The third kappa shape index (κ3) is 4.83. The minimum atomic E-state index is -0.0328. The topological polar surface area (TPSA) is 44.4 Å². The van der Waals surface area contributed by atoms with Crippen molar-refractivity contribution >= 4 is 11.6 Å². The van der Waals surface area contributed by atoms with E-state index >= 15 is 0 Å². The maximum atomic E-state index is 11.6. The van der Waals surface area contributed by atoms with E-state index in [0.29, 0.717) is 11.6 Å². The fraction of sp³-hybridized carbons (Fsp3) is 0.381. The van der Waals surface area contributed by atoms with Gasteiger partial charge in [0.2, 0.25) is 0 Å². The molecule has 1 saturated heterocycles. The third-order valence-electron chi connectivity index (χ3n) is 4.83. The molecular weight excluding hydrogens is 310 g/mol. The highest BCUT2D eigenvalue weighted by atomic mass is 16.1. The Morgan fingerprint density at radius 2 is 1.84 bits per heavy atom. The van der Waals surface area contributed by atoms with Crippen LogP contribution in [0.1, 0.15) is 34.3 Å². The lowest BCUT2D eigenvalue weighted by Crippen LogP contribution is -2.38. The molecule has 0 bridgehead atoms. The Bertz CT molecular complexity index is 703. The molecule has 0 radical (unpaired) electrons. The Labute approximate surface area is 150 Å². The van der Waals surface area contributed by atoms with E-state index in [9.17, 15) is 4.79 Å². The smallest absolute Gasteiger partial charge is 0.251 e. The molecule has 0 aromatic heterocycles. The fourth-order valence-electron chi connectivity index (χ4n) is 3.37. The minimum Gasteiger partial charge on any atom is -0.382 e. The number of aryl methyl sites for hydroxylation is 1. The molecule has 0 aliphatic carbocycles. The molecule has 0 spiro atoms. The first-order valence-corrected chi connectivity index (χ1v) is 9.00. The van der Waals surface area contributed by atoms with Crippen LogP contribution >= 0.6 is 0 Å². The Morgan fingerprint density at radius 3 is 2.48 bits per heavy atom. The van der Waals surface area contributed by atoms with Gasteiger partial charge in [0.15, 0.2) is 0 Å². The summed E-state index contributed by atoms with van der Waals surface area (Å²) >= 11 is 0. The average Bonchev–Trinajstić information content (AvgIpc) is 2.63. The number of carbonyl (C=O) groups is 1. The molecule has 0 unspecified atom stereocenters. The molecule has 2 N–H and O–H groups in total. The van der Waals surface area contributed by atoms with Crippen LogP contribution in [-0.2, 0) is 6.54 Å². The van der Waals surface area contributed by atoms with Crippen molar-refractivity contribution < 1.29 is 4.79 Å². The van der Waals surface area contributed by atoms with Crippen molar-refractivity contribution in [3.05, 3.63) is 65.2 Å². The van der Waals surface area contributed by atoms with Crippen molar-refractivity contribution in [1.29, 1.82) is 0 Å². The van der Waals surface area contributed by atoms with Crippen molar-refractivity contribution in [3.8, 4) is 0 Å². The summed E-state index contributed by atoms with van der Waals surface area (Å²) in [5, 5.41) is 6.32. The zero-order valence-electron chi connectivity index (χ0n) is 15.1. The molecule has 1 aliphatic rings. The van der Waals surface area contributed by atoms with E-state index in [2.05, 4.69) is 58.9 Å². The van der Waals surface area contributed by atoms with E-state index in [1.807, 2.05) is 12.1 Å². The maximum absolute atomic E-state index is 11.6. The number of benzene rings is 2. The SMILES string of the molecule is CNC(=O)c1ccc(CN2CCC(Nc3cccc(C)c3)CC2)cc1. The quantitative estimate of drug-likeness (QED) is 0.878. The second-order valence-electron chi connectivity index (χ2n) is 6.84. The lowest BCUT2D eigenvalue weighted by atomic mass is 10.0.